The van der Waals surface area contributed by atoms with E-state index in [1.165, 1.54) is 11.8 Å². The Morgan fingerprint density at radius 1 is 1.28 bits per heavy atom. The van der Waals surface area contributed by atoms with Crippen molar-refractivity contribution in [1.29, 1.82) is 0 Å². The molecule has 4 heteroatoms. The lowest BCUT2D eigenvalue weighted by Crippen LogP contribution is -2.26. The third-order valence-corrected chi connectivity index (χ3v) is 3.75. The van der Waals surface area contributed by atoms with E-state index in [1.807, 2.05) is 18.2 Å². The summed E-state index contributed by atoms with van der Waals surface area (Å²) in [6, 6.07) is 9.22. The van der Waals surface area contributed by atoms with E-state index in [0.29, 0.717) is 5.56 Å². The lowest BCUT2D eigenvalue weighted by Gasteiger charge is -2.19. The molecule has 0 spiro atoms. The van der Waals surface area contributed by atoms with E-state index >= 15 is 0 Å². The molecule has 2 nitrogen and oxygen atoms in total. The molecule has 0 N–H and O–H groups in total. The van der Waals surface area contributed by atoms with Crippen molar-refractivity contribution in [1.82, 2.24) is 4.90 Å². The summed E-state index contributed by atoms with van der Waals surface area (Å²) < 4.78 is 0.803. The van der Waals surface area contributed by atoms with E-state index < -0.39 is 0 Å². The van der Waals surface area contributed by atoms with Crippen molar-refractivity contribution in [3.8, 4) is 0 Å². The molecular formula is C14H17NOS2. The number of benzene rings is 1. The van der Waals surface area contributed by atoms with Gasteiger partial charge in [-0.3, -0.25) is 4.79 Å². The summed E-state index contributed by atoms with van der Waals surface area (Å²) >= 11 is 6.68. The van der Waals surface area contributed by atoms with Crippen molar-refractivity contribution in [2.75, 3.05) is 13.1 Å². The molecule has 1 aromatic carbocycles. The van der Waals surface area contributed by atoms with Crippen molar-refractivity contribution in [3.63, 3.8) is 0 Å². The minimum absolute atomic E-state index is 0.00504. The van der Waals surface area contributed by atoms with Crippen LogP contribution >= 0.6 is 24.0 Å². The van der Waals surface area contributed by atoms with Crippen molar-refractivity contribution in [2.45, 2.75) is 13.8 Å². The first-order valence-corrected chi connectivity index (χ1v) is 7.19. The lowest BCUT2D eigenvalue weighted by atomic mass is 10.1. The van der Waals surface area contributed by atoms with Crippen LogP contribution in [0.25, 0.3) is 0 Å². The lowest BCUT2D eigenvalue weighted by molar-refractivity contribution is 0.104. The fourth-order valence-corrected chi connectivity index (χ4v) is 2.55. The van der Waals surface area contributed by atoms with E-state index in [2.05, 4.69) is 18.7 Å². The average Bonchev–Trinajstić information content (AvgIpc) is 2.41. The fraction of sp³-hybridized carbons (Fsp3) is 0.286. The molecule has 0 atom stereocenters. The molecule has 0 aliphatic heterocycles. The number of carbonyl (C=O) groups is 1. The summed E-state index contributed by atoms with van der Waals surface area (Å²) in [6.07, 6.45) is 1.57. The van der Waals surface area contributed by atoms with E-state index in [-0.39, 0.29) is 5.78 Å². The first-order chi connectivity index (χ1) is 8.69. The topological polar surface area (TPSA) is 20.3 Å². The highest BCUT2D eigenvalue weighted by atomic mass is 32.2. The molecule has 0 heterocycles. The molecule has 1 rings (SSSR count). The Kier molecular flexibility index (Phi) is 6.68. The van der Waals surface area contributed by atoms with Gasteiger partial charge in [-0.1, -0.05) is 54.3 Å². The van der Waals surface area contributed by atoms with Gasteiger partial charge in [-0.05, 0) is 25.3 Å². The van der Waals surface area contributed by atoms with E-state index in [4.69, 9.17) is 12.2 Å². The van der Waals surface area contributed by atoms with E-state index in [9.17, 15) is 4.79 Å². The molecule has 18 heavy (non-hydrogen) atoms. The normalized spacial score (nSPS) is 10.6. The van der Waals surface area contributed by atoms with Crippen LogP contribution in [-0.4, -0.2) is 28.1 Å². The highest BCUT2D eigenvalue weighted by molar-refractivity contribution is 8.24. The molecule has 0 saturated heterocycles. The highest BCUT2D eigenvalue weighted by Crippen LogP contribution is 2.11. The molecule has 0 amide bonds. The van der Waals surface area contributed by atoms with Gasteiger partial charge in [-0.2, -0.15) is 0 Å². The van der Waals surface area contributed by atoms with Crippen LogP contribution in [0.2, 0.25) is 0 Å². The van der Waals surface area contributed by atoms with Crippen LogP contribution in [0.3, 0.4) is 0 Å². The first-order valence-electron chi connectivity index (χ1n) is 5.90. The van der Waals surface area contributed by atoms with Crippen molar-refractivity contribution in [2.24, 2.45) is 0 Å². The van der Waals surface area contributed by atoms with Gasteiger partial charge in [-0.25, -0.2) is 0 Å². The number of ketones is 1. The number of allylic oxidation sites excluding steroid dienone is 1. The predicted molar refractivity (Wildman–Crippen MR) is 83.0 cm³/mol. The van der Waals surface area contributed by atoms with Crippen LogP contribution in [0.15, 0.2) is 41.8 Å². The van der Waals surface area contributed by atoms with Crippen molar-refractivity contribution < 1.29 is 4.79 Å². The third kappa shape index (κ3) is 4.63. The second-order valence-electron chi connectivity index (χ2n) is 3.59. The number of hydrogen-bond acceptors (Lipinski definition) is 3. The number of nitrogens with zero attached hydrogens (tertiary/aromatic N) is 1. The largest absolute Gasteiger partial charge is 0.358 e. The summed E-state index contributed by atoms with van der Waals surface area (Å²) in [5, 5.41) is 1.76. The van der Waals surface area contributed by atoms with Gasteiger partial charge < -0.3 is 4.90 Å². The molecule has 0 saturated carbocycles. The Balaban J connectivity index is 2.51. The van der Waals surface area contributed by atoms with Crippen LogP contribution in [0.4, 0.5) is 0 Å². The van der Waals surface area contributed by atoms with Gasteiger partial charge in [0.2, 0.25) is 0 Å². The predicted octanol–water partition coefficient (Wildman–Crippen LogP) is 3.74. The SMILES string of the molecule is CCN(CC)C(=S)SC=CC(=O)c1ccccc1. The van der Waals surface area contributed by atoms with Gasteiger partial charge in [0.25, 0.3) is 0 Å². The maximum absolute atomic E-state index is 11.8. The standard InChI is InChI=1S/C14H17NOS2/c1-3-15(4-2)14(17)18-11-10-13(16)12-8-6-5-7-9-12/h5-11H,3-4H2,1-2H3. The molecule has 0 fully saturated rings. The molecule has 0 aliphatic carbocycles. The second-order valence-corrected chi connectivity index (χ2v) is 5.13. The minimum Gasteiger partial charge on any atom is -0.358 e. The van der Waals surface area contributed by atoms with Crippen LogP contribution < -0.4 is 0 Å². The Morgan fingerprint density at radius 3 is 2.44 bits per heavy atom. The van der Waals surface area contributed by atoms with Gasteiger partial charge >= 0.3 is 0 Å². The molecule has 0 aromatic heterocycles. The molecule has 0 unspecified atom stereocenters. The Bertz CT molecular complexity index is 425. The molecule has 1 aromatic rings. The summed E-state index contributed by atoms with van der Waals surface area (Å²) in [5.74, 6) is 0.00504. The monoisotopic (exact) mass is 279 g/mol. The smallest absolute Gasteiger partial charge is 0.186 e. The maximum Gasteiger partial charge on any atom is 0.186 e. The third-order valence-electron chi connectivity index (χ3n) is 2.47. The van der Waals surface area contributed by atoms with Crippen molar-refractivity contribution in [3.05, 3.63) is 47.4 Å². The zero-order valence-corrected chi connectivity index (χ0v) is 12.3. The molecule has 0 aliphatic rings. The van der Waals surface area contributed by atoms with Crippen LogP contribution in [0.5, 0.6) is 0 Å². The number of rotatable bonds is 5. The van der Waals surface area contributed by atoms with Crippen LogP contribution in [-0.2, 0) is 0 Å². The molecule has 0 radical (unpaired) electrons. The number of hydrogen-bond donors (Lipinski definition) is 0. The minimum atomic E-state index is 0.00504. The zero-order valence-electron chi connectivity index (χ0n) is 10.6. The number of carbonyl (C=O) groups excluding carboxylic acids is 1. The van der Waals surface area contributed by atoms with Crippen LogP contribution in [0.1, 0.15) is 24.2 Å². The number of thiocarbonyl (C=S) groups is 1. The van der Waals surface area contributed by atoms with Crippen LogP contribution in [0, 0.1) is 0 Å². The van der Waals surface area contributed by atoms with E-state index in [1.54, 1.807) is 23.6 Å². The Hall–Kier alpha value is -1.13. The number of thioether (sulfide) groups is 1. The Labute approximate surface area is 118 Å². The Morgan fingerprint density at radius 2 is 1.89 bits per heavy atom. The summed E-state index contributed by atoms with van der Waals surface area (Å²) in [5.41, 5.74) is 0.697. The molecular weight excluding hydrogens is 262 g/mol. The first kappa shape index (κ1) is 14.9. The van der Waals surface area contributed by atoms with Gasteiger partial charge in [0.1, 0.15) is 4.32 Å². The highest BCUT2D eigenvalue weighted by Gasteiger charge is 2.04. The summed E-state index contributed by atoms with van der Waals surface area (Å²) in [4.78, 5) is 13.9. The van der Waals surface area contributed by atoms with Crippen molar-refractivity contribution >= 4 is 34.1 Å². The van der Waals surface area contributed by atoms with Gasteiger partial charge in [0.15, 0.2) is 5.78 Å². The zero-order chi connectivity index (χ0) is 13.4. The molecule has 96 valence electrons. The molecule has 0 bridgehead atoms. The second kappa shape index (κ2) is 8.06. The average molecular weight is 279 g/mol. The fourth-order valence-electron chi connectivity index (χ4n) is 1.41. The summed E-state index contributed by atoms with van der Waals surface area (Å²) in [7, 11) is 0. The van der Waals surface area contributed by atoms with Gasteiger partial charge in [-0.15, -0.1) is 0 Å². The van der Waals surface area contributed by atoms with Gasteiger partial charge in [0.05, 0.1) is 0 Å². The van der Waals surface area contributed by atoms with Gasteiger partial charge in [0, 0.05) is 18.7 Å². The van der Waals surface area contributed by atoms with E-state index in [0.717, 1.165) is 17.4 Å². The quantitative estimate of drug-likeness (QED) is 0.464. The summed E-state index contributed by atoms with van der Waals surface area (Å²) in [6.45, 7) is 5.91. The maximum atomic E-state index is 11.8.